The maximum absolute atomic E-state index is 11.8. The summed E-state index contributed by atoms with van der Waals surface area (Å²) < 4.78 is 0. The molecule has 1 rings (SSSR count). The first-order valence-corrected chi connectivity index (χ1v) is 5.74. The molecule has 8 heteroatoms. The molecule has 0 heterocycles. The Hall–Kier alpha value is -2.64. The third-order valence-electron chi connectivity index (χ3n) is 2.64. The zero-order chi connectivity index (χ0) is 15.4. The van der Waals surface area contributed by atoms with Crippen LogP contribution in [0.5, 0.6) is 0 Å². The van der Waals surface area contributed by atoms with E-state index in [1.807, 2.05) is 0 Å². The van der Waals surface area contributed by atoms with Crippen molar-refractivity contribution in [3.63, 3.8) is 0 Å². The number of rotatable bonds is 5. The smallest absolute Gasteiger partial charge is 0.338 e. The van der Waals surface area contributed by atoms with Crippen molar-refractivity contribution in [2.24, 2.45) is 0 Å². The largest absolute Gasteiger partial charge is 0.478 e. The van der Waals surface area contributed by atoms with Crippen LogP contribution in [0, 0.1) is 10.1 Å². The summed E-state index contributed by atoms with van der Waals surface area (Å²) in [4.78, 5) is 34.5. The molecule has 0 aliphatic rings. The molecule has 1 amide bonds. The van der Waals surface area contributed by atoms with Crippen LogP contribution < -0.4 is 5.32 Å². The van der Waals surface area contributed by atoms with Crippen molar-refractivity contribution in [2.75, 3.05) is 19.4 Å². The molecule has 0 fully saturated rings. The molecule has 0 aliphatic carbocycles. The lowest BCUT2D eigenvalue weighted by atomic mass is 10.1. The van der Waals surface area contributed by atoms with Gasteiger partial charge in [-0.2, -0.15) is 0 Å². The minimum atomic E-state index is -1.30. The van der Waals surface area contributed by atoms with Crippen LogP contribution in [0.25, 0.3) is 0 Å². The lowest BCUT2D eigenvalue weighted by Gasteiger charge is -2.19. The number of hydrogen-bond donors (Lipinski definition) is 2. The molecule has 1 aromatic carbocycles. The highest BCUT2D eigenvalue weighted by Gasteiger charge is 2.25. The molecular formula is C12H15N3O5. The molecule has 1 aromatic rings. The molecule has 20 heavy (non-hydrogen) atoms. The monoisotopic (exact) mass is 281 g/mol. The highest BCUT2D eigenvalue weighted by Crippen LogP contribution is 2.29. The van der Waals surface area contributed by atoms with Crippen molar-refractivity contribution in [3.05, 3.63) is 33.9 Å². The summed E-state index contributed by atoms with van der Waals surface area (Å²) in [6.07, 6.45) is 0. The van der Waals surface area contributed by atoms with Crippen molar-refractivity contribution in [1.82, 2.24) is 4.90 Å². The first-order valence-electron chi connectivity index (χ1n) is 5.74. The first-order chi connectivity index (χ1) is 9.25. The van der Waals surface area contributed by atoms with Gasteiger partial charge in [-0.1, -0.05) is 6.07 Å². The van der Waals surface area contributed by atoms with Crippen molar-refractivity contribution in [2.45, 2.75) is 13.0 Å². The van der Waals surface area contributed by atoms with Crippen LogP contribution >= 0.6 is 0 Å². The van der Waals surface area contributed by atoms with Crippen LogP contribution in [-0.4, -0.2) is 46.9 Å². The molecular weight excluding hydrogens is 266 g/mol. The molecule has 0 radical (unpaired) electrons. The molecule has 0 spiro atoms. The van der Waals surface area contributed by atoms with E-state index in [9.17, 15) is 19.7 Å². The molecule has 1 unspecified atom stereocenters. The number of anilines is 1. The second kappa shape index (κ2) is 6.00. The fourth-order valence-corrected chi connectivity index (χ4v) is 1.69. The number of carbonyl (C=O) groups is 2. The van der Waals surface area contributed by atoms with E-state index in [4.69, 9.17) is 5.11 Å². The predicted molar refractivity (Wildman–Crippen MR) is 71.8 cm³/mol. The second-order valence-electron chi connectivity index (χ2n) is 4.36. The van der Waals surface area contributed by atoms with Crippen LogP contribution in [0.2, 0.25) is 0 Å². The van der Waals surface area contributed by atoms with E-state index in [1.165, 1.54) is 44.1 Å². The van der Waals surface area contributed by atoms with E-state index in [0.29, 0.717) is 0 Å². The number of likely N-dealkylation sites (N-methyl/N-ethyl adjacent to an activating group) is 1. The van der Waals surface area contributed by atoms with Gasteiger partial charge in [-0.25, -0.2) is 4.79 Å². The van der Waals surface area contributed by atoms with Crippen molar-refractivity contribution in [1.29, 1.82) is 0 Å². The zero-order valence-corrected chi connectivity index (χ0v) is 11.3. The molecule has 0 saturated carbocycles. The standard InChI is InChI=1S/C12H15N3O5/c1-7(11(16)14(2)3)13-10-8(12(17)18)5-4-6-9(10)15(19)20/h4-7,13H,1-3H3,(H,17,18). The minimum absolute atomic E-state index is 0.173. The first kappa shape index (κ1) is 15.4. The topological polar surface area (TPSA) is 113 Å². The van der Waals surface area contributed by atoms with Crippen LogP contribution in [0.3, 0.4) is 0 Å². The Morgan fingerprint density at radius 3 is 2.45 bits per heavy atom. The molecule has 8 nitrogen and oxygen atoms in total. The van der Waals surface area contributed by atoms with Crippen LogP contribution in [0.4, 0.5) is 11.4 Å². The van der Waals surface area contributed by atoms with Gasteiger partial charge in [0.1, 0.15) is 11.7 Å². The predicted octanol–water partition coefficient (Wildman–Crippen LogP) is 1.18. The maximum atomic E-state index is 11.8. The Bertz CT molecular complexity index is 524. The fraction of sp³-hybridized carbons (Fsp3) is 0.333. The highest BCUT2D eigenvalue weighted by molar-refractivity contribution is 5.98. The Morgan fingerprint density at radius 1 is 1.40 bits per heavy atom. The molecule has 1 atom stereocenters. The Balaban J connectivity index is 3.24. The van der Waals surface area contributed by atoms with Gasteiger partial charge in [0.25, 0.3) is 5.69 Å². The molecule has 0 aromatic heterocycles. The third-order valence-corrected chi connectivity index (χ3v) is 2.64. The number of carboxylic acid groups (broad SMARTS) is 1. The van der Waals surface area contributed by atoms with E-state index in [-0.39, 0.29) is 22.8 Å². The zero-order valence-electron chi connectivity index (χ0n) is 11.3. The number of nitro benzene ring substituents is 1. The average molecular weight is 281 g/mol. The third kappa shape index (κ3) is 3.22. The van der Waals surface area contributed by atoms with Gasteiger partial charge in [-0.05, 0) is 13.0 Å². The summed E-state index contributed by atoms with van der Waals surface area (Å²) in [6, 6.07) is 2.92. The number of hydrogen-bond acceptors (Lipinski definition) is 5. The van der Waals surface area contributed by atoms with E-state index < -0.39 is 16.9 Å². The molecule has 0 saturated heterocycles. The molecule has 2 N–H and O–H groups in total. The van der Waals surface area contributed by atoms with Crippen LogP contribution in [0.1, 0.15) is 17.3 Å². The van der Waals surface area contributed by atoms with Gasteiger partial charge in [0.05, 0.1) is 10.5 Å². The van der Waals surface area contributed by atoms with E-state index >= 15 is 0 Å². The van der Waals surface area contributed by atoms with Crippen LogP contribution in [-0.2, 0) is 4.79 Å². The Kier molecular flexibility index (Phi) is 4.63. The van der Waals surface area contributed by atoms with Gasteiger partial charge in [0, 0.05) is 20.2 Å². The Labute approximate surface area is 115 Å². The number of aromatic carboxylic acids is 1. The summed E-state index contributed by atoms with van der Waals surface area (Å²) in [7, 11) is 3.08. The SMILES string of the molecule is CC(Nc1c(C(=O)O)cccc1[N+](=O)[O-])C(=O)N(C)C. The average Bonchev–Trinajstić information content (AvgIpc) is 2.37. The van der Waals surface area contributed by atoms with Gasteiger partial charge in [-0.3, -0.25) is 14.9 Å². The number of nitrogens with one attached hydrogen (secondary N) is 1. The number of carboxylic acids is 1. The second-order valence-corrected chi connectivity index (χ2v) is 4.36. The van der Waals surface area contributed by atoms with Gasteiger partial charge in [-0.15, -0.1) is 0 Å². The number of amides is 1. The van der Waals surface area contributed by atoms with Crippen molar-refractivity contribution >= 4 is 23.3 Å². The quantitative estimate of drug-likeness (QED) is 0.619. The molecule has 0 aliphatic heterocycles. The van der Waals surface area contributed by atoms with Crippen molar-refractivity contribution < 1.29 is 19.6 Å². The fourth-order valence-electron chi connectivity index (χ4n) is 1.69. The number of para-hydroxylation sites is 1. The van der Waals surface area contributed by atoms with E-state index in [2.05, 4.69) is 5.32 Å². The van der Waals surface area contributed by atoms with E-state index in [0.717, 1.165) is 0 Å². The summed E-state index contributed by atoms with van der Waals surface area (Å²) in [6.45, 7) is 1.50. The summed E-state index contributed by atoms with van der Waals surface area (Å²) >= 11 is 0. The van der Waals surface area contributed by atoms with Gasteiger partial charge >= 0.3 is 5.97 Å². The number of nitrogens with zero attached hydrogens (tertiary/aromatic N) is 2. The van der Waals surface area contributed by atoms with Gasteiger partial charge in [0.2, 0.25) is 5.91 Å². The highest BCUT2D eigenvalue weighted by atomic mass is 16.6. The number of nitro groups is 1. The van der Waals surface area contributed by atoms with Gasteiger partial charge in [0.15, 0.2) is 0 Å². The van der Waals surface area contributed by atoms with Gasteiger partial charge < -0.3 is 15.3 Å². The Morgan fingerprint density at radius 2 is 2.00 bits per heavy atom. The number of benzene rings is 1. The van der Waals surface area contributed by atoms with Crippen molar-refractivity contribution in [3.8, 4) is 0 Å². The molecule has 0 bridgehead atoms. The number of carbonyl (C=O) groups excluding carboxylic acids is 1. The lowest BCUT2D eigenvalue weighted by Crippen LogP contribution is -2.37. The van der Waals surface area contributed by atoms with Crippen LogP contribution in [0.15, 0.2) is 18.2 Å². The minimum Gasteiger partial charge on any atom is -0.478 e. The summed E-state index contributed by atoms with van der Waals surface area (Å²) in [5, 5.41) is 22.6. The van der Waals surface area contributed by atoms with E-state index in [1.54, 1.807) is 0 Å². The summed E-state index contributed by atoms with van der Waals surface area (Å²) in [5.74, 6) is -1.62. The normalized spacial score (nSPS) is 11.6. The summed E-state index contributed by atoms with van der Waals surface area (Å²) in [5.41, 5.74) is -0.811. The maximum Gasteiger partial charge on any atom is 0.338 e. The lowest BCUT2D eigenvalue weighted by molar-refractivity contribution is -0.384. The molecule has 108 valence electrons.